The zero-order valence-electron chi connectivity index (χ0n) is 19.6. The Labute approximate surface area is 194 Å². The summed E-state index contributed by atoms with van der Waals surface area (Å²) >= 11 is 6.43. The van der Waals surface area contributed by atoms with E-state index in [2.05, 4.69) is 20.8 Å². The van der Waals surface area contributed by atoms with Gasteiger partial charge in [-0.05, 0) is 48.8 Å². The fourth-order valence-corrected chi connectivity index (χ4v) is 4.95. The van der Waals surface area contributed by atoms with Crippen LogP contribution in [0.5, 0.6) is 5.75 Å². The molecule has 1 aromatic carbocycles. The fraction of sp³-hybridized carbons (Fsp3) is 0.630. The highest BCUT2D eigenvalue weighted by molar-refractivity contribution is 6.32. The van der Waals surface area contributed by atoms with Crippen LogP contribution >= 0.6 is 11.6 Å². The minimum Gasteiger partial charge on any atom is -0.492 e. The van der Waals surface area contributed by atoms with Crippen LogP contribution in [-0.4, -0.2) is 16.6 Å². The number of unbranched alkanes of at least 4 members (excludes halogenated alkanes) is 3. The lowest BCUT2D eigenvalue weighted by Crippen LogP contribution is -2.20. The maximum Gasteiger partial charge on any atom is 0.137 e. The molecular weight excluding hydrogens is 404 g/mol. The molecule has 0 N–H and O–H groups in total. The van der Waals surface area contributed by atoms with Gasteiger partial charge in [0.25, 0.3) is 0 Å². The van der Waals surface area contributed by atoms with Gasteiger partial charge < -0.3 is 4.74 Å². The average Bonchev–Trinajstić information content (AvgIpc) is 2.80. The van der Waals surface area contributed by atoms with E-state index in [0.717, 1.165) is 41.5 Å². The minimum atomic E-state index is 0.420. The van der Waals surface area contributed by atoms with Crippen molar-refractivity contribution in [3.63, 3.8) is 0 Å². The molecule has 1 fully saturated rings. The van der Waals surface area contributed by atoms with Gasteiger partial charge in [0.1, 0.15) is 11.6 Å². The summed E-state index contributed by atoms with van der Waals surface area (Å²) in [5, 5.41) is 0.641. The highest BCUT2D eigenvalue weighted by Crippen LogP contribution is 2.39. The zero-order valence-corrected chi connectivity index (χ0v) is 20.3. The quantitative estimate of drug-likeness (QED) is 0.327. The number of nitrogens with zero attached hydrogens (tertiary/aromatic N) is 2. The molecule has 2 aromatic rings. The van der Waals surface area contributed by atoms with E-state index >= 15 is 0 Å². The van der Waals surface area contributed by atoms with E-state index < -0.39 is 0 Å². The summed E-state index contributed by atoms with van der Waals surface area (Å²) in [5.74, 6) is 3.79. The van der Waals surface area contributed by atoms with Crippen LogP contribution in [0.2, 0.25) is 5.02 Å². The molecule has 1 saturated carbocycles. The summed E-state index contributed by atoms with van der Waals surface area (Å²) < 4.78 is 5.76. The van der Waals surface area contributed by atoms with Crippen LogP contribution in [0.15, 0.2) is 30.6 Å². The Balaban J connectivity index is 1.56. The number of rotatable bonds is 11. The first kappa shape index (κ1) is 24.0. The van der Waals surface area contributed by atoms with Gasteiger partial charge in [-0.25, -0.2) is 9.97 Å². The van der Waals surface area contributed by atoms with Crippen molar-refractivity contribution in [2.75, 3.05) is 6.61 Å². The van der Waals surface area contributed by atoms with E-state index in [0.29, 0.717) is 23.5 Å². The first-order chi connectivity index (χ1) is 15.1. The van der Waals surface area contributed by atoms with Crippen LogP contribution in [0.3, 0.4) is 0 Å². The van der Waals surface area contributed by atoms with E-state index in [4.69, 9.17) is 26.3 Å². The Morgan fingerprint density at radius 1 is 0.968 bits per heavy atom. The van der Waals surface area contributed by atoms with Crippen molar-refractivity contribution in [2.24, 2.45) is 11.8 Å². The predicted octanol–water partition coefficient (Wildman–Crippen LogP) is 8.47. The molecule has 1 atom stereocenters. The molecule has 0 spiro atoms. The van der Waals surface area contributed by atoms with Gasteiger partial charge in [0.2, 0.25) is 0 Å². The lowest BCUT2D eigenvalue weighted by atomic mass is 9.74. The lowest BCUT2D eigenvalue weighted by molar-refractivity contribution is 0.232. The van der Waals surface area contributed by atoms with Crippen LogP contribution in [-0.2, 0) is 0 Å². The molecule has 1 unspecified atom stereocenters. The van der Waals surface area contributed by atoms with Gasteiger partial charge >= 0.3 is 0 Å². The van der Waals surface area contributed by atoms with Crippen molar-refractivity contribution in [2.45, 2.75) is 90.9 Å². The molecule has 1 aromatic heterocycles. The van der Waals surface area contributed by atoms with Crippen LogP contribution in [0.25, 0.3) is 11.1 Å². The topological polar surface area (TPSA) is 35.0 Å². The molecule has 31 heavy (non-hydrogen) atoms. The Hall–Kier alpha value is -1.61. The molecule has 0 aliphatic heterocycles. The van der Waals surface area contributed by atoms with Crippen molar-refractivity contribution in [3.05, 3.63) is 41.4 Å². The summed E-state index contributed by atoms with van der Waals surface area (Å²) in [5.41, 5.74) is 2.03. The largest absolute Gasteiger partial charge is 0.492 e. The standard InChI is InChI=1S/C27H39ClN2O/c1-4-6-8-9-21-10-12-22(13-11-21)20(3)27-29-18-24(19-30-27)23-14-15-26(25(28)17-23)31-16-7-5-2/h14-15,17-22H,4-13,16H2,1-3H3. The first-order valence-electron chi connectivity index (χ1n) is 12.4. The monoisotopic (exact) mass is 442 g/mol. The number of benzene rings is 1. The van der Waals surface area contributed by atoms with E-state index in [1.807, 2.05) is 30.6 Å². The zero-order chi connectivity index (χ0) is 22.1. The molecule has 0 amide bonds. The molecule has 0 bridgehead atoms. The summed E-state index contributed by atoms with van der Waals surface area (Å²) in [6.07, 6.45) is 17.0. The number of hydrogen-bond donors (Lipinski definition) is 0. The minimum absolute atomic E-state index is 0.420. The smallest absolute Gasteiger partial charge is 0.137 e. The second-order valence-corrected chi connectivity index (χ2v) is 9.65. The maximum atomic E-state index is 6.43. The third kappa shape index (κ3) is 6.94. The first-order valence-corrected chi connectivity index (χ1v) is 12.7. The Morgan fingerprint density at radius 3 is 2.32 bits per heavy atom. The summed E-state index contributed by atoms with van der Waals surface area (Å²) in [6, 6.07) is 5.93. The number of aromatic nitrogens is 2. The average molecular weight is 443 g/mol. The second kappa shape index (κ2) is 12.4. The number of ether oxygens (including phenoxy) is 1. The summed E-state index contributed by atoms with van der Waals surface area (Å²) in [7, 11) is 0. The van der Waals surface area contributed by atoms with Gasteiger partial charge in [-0.2, -0.15) is 0 Å². The molecule has 1 heterocycles. The highest BCUT2D eigenvalue weighted by atomic mass is 35.5. The van der Waals surface area contributed by atoms with Gasteiger partial charge in [0.15, 0.2) is 0 Å². The Morgan fingerprint density at radius 2 is 1.68 bits per heavy atom. The van der Waals surface area contributed by atoms with Crippen molar-refractivity contribution >= 4 is 11.6 Å². The summed E-state index contributed by atoms with van der Waals surface area (Å²) in [4.78, 5) is 9.47. The number of halogens is 1. The van der Waals surface area contributed by atoms with Gasteiger partial charge in [-0.1, -0.05) is 83.4 Å². The Bertz CT molecular complexity index is 784. The molecule has 170 valence electrons. The number of hydrogen-bond acceptors (Lipinski definition) is 3. The van der Waals surface area contributed by atoms with Crippen molar-refractivity contribution in [3.8, 4) is 16.9 Å². The van der Waals surface area contributed by atoms with Crippen LogP contribution in [0.4, 0.5) is 0 Å². The lowest BCUT2D eigenvalue weighted by Gasteiger charge is -2.31. The molecule has 1 aliphatic carbocycles. The van der Waals surface area contributed by atoms with Crippen molar-refractivity contribution in [1.82, 2.24) is 9.97 Å². The van der Waals surface area contributed by atoms with Crippen molar-refractivity contribution in [1.29, 1.82) is 0 Å². The van der Waals surface area contributed by atoms with Crippen LogP contribution in [0, 0.1) is 11.8 Å². The van der Waals surface area contributed by atoms with Crippen LogP contribution in [0.1, 0.15) is 96.7 Å². The normalized spacial score (nSPS) is 19.9. The van der Waals surface area contributed by atoms with Gasteiger partial charge in [-0.3, -0.25) is 0 Å². The van der Waals surface area contributed by atoms with E-state index in [1.165, 1.54) is 51.4 Å². The molecule has 1 aliphatic rings. The molecule has 3 rings (SSSR count). The van der Waals surface area contributed by atoms with Gasteiger partial charge in [-0.15, -0.1) is 0 Å². The van der Waals surface area contributed by atoms with Crippen LogP contribution < -0.4 is 4.74 Å². The predicted molar refractivity (Wildman–Crippen MR) is 131 cm³/mol. The second-order valence-electron chi connectivity index (χ2n) is 9.24. The SMILES string of the molecule is CCCCCC1CCC(C(C)c2ncc(-c3ccc(OCCCC)c(Cl)c3)cn2)CC1. The fourth-order valence-electron chi connectivity index (χ4n) is 4.72. The maximum absolute atomic E-state index is 6.43. The Kier molecular flexibility index (Phi) is 9.64. The molecule has 0 radical (unpaired) electrons. The molecule has 3 nitrogen and oxygen atoms in total. The molecule has 0 saturated heterocycles. The highest BCUT2D eigenvalue weighted by Gasteiger charge is 2.27. The van der Waals surface area contributed by atoms with E-state index in [1.54, 1.807) is 0 Å². The summed E-state index contributed by atoms with van der Waals surface area (Å²) in [6.45, 7) is 7.44. The molecule has 4 heteroatoms. The van der Waals surface area contributed by atoms with E-state index in [-0.39, 0.29) is 0 Å². The molecular formula is C27H39ClN2O. The van der Waals surface area contributed by atoms with Gasteiger partial charge in [0.05, 0.1) is 11.6 Å². The third-order valence-electron chi connectivity index (χ3n) is 6.91. The van der Waals surface area contributed by atoms with Gasteiger partial charge in [0, 0.05) is 23.9 Å². The third-order valence-corrected chi connectivity index (χ3v) is 7.21. The van der Waals surface area contributed by atoms with Crippen molar-refractivity contribution < 1.29 is 4.74 Å². The van der Waals surface area contributed by atoms with E-state index in [9.17, 15) is 0 Å².